The highest BCUT2D eigenvalue weighted by molar-refractivity contribution is 5.47. The Labute approximate surface area is 112 Å². The Bertz CT molecular complexity index is 597. The third-order valence-corrected chi connectivity index (χ3v) is 4.29. The Morgan fingerprint density at radius 1 is 1.26 bits per heavy atom. The molecule has 1 N–H and O–H groups in total. The predicted octanol–water partition coefficient (Wildman–Crippen LogP) is 3.24. The topological polar surface area (TPSA) is 42.4 Å². The molecule has 1 aliphatic heterocycles. The van der Waals surface area contributed by atoms with Crippen LogP contribution in [-0.4, -0.2) is 16.7 Å². The second-order valence-corrected chi connectivity index (χ2v) is 5.39. The zero-order chi connectivity index (χ0) is 13.5. The van der Waals surface area contributed by atoms with Crippen molar-refractivity contribution in [2.45, 2.75) is 25.2 Å². The van der Waals surface area contributed by atoms with Gasteiger partial charge in [-0.15, -0.1) is 0 Å². The van der Waals surface area contributed by atoms with Crippen LogP contribution in [0.4, 0.5) is 0 Å². The molecule has 2 unspecified atom stereocenters. The first-order chi connectivity index (χ1) is 9.11. The maximum Gasteiger partial charge on any atom is 0.126 e. The molecule has 2 heterocycles. The van der Waals surface area contributed by atoms with Crippen molar-refractivity contribution in [1.82, 2.24) is 4.98 Å². The highest BCUT2D eigenvalue weighted by Gasteiger charge is 2.39. The molecule has 1 aromatic heterocycles. The number of nitrogens with zero attached hydrogens (tertiary/aromatic N) is 1. The largest absolute Gasteiger partial charge is 0.508 e. The monoisotopic (exact) mass is 255 g/mol. The van der Waals surface area contributed by atoms with E-state index in [1.54, 1.807) is 12.1 Å². The first kappa shape index (κ1) is 12.0. The van der Waals surface area contributed by atoms with Crippen LogP contribution in [0.5, 0.6) is 11.5 Å². The number of rotatable bonds is 1. The minimum absolute atomic E-state index is 0.0765. The third-order valence-electron chi connectivity index (χ3n) is 4.29. The number of fused-ring (bicyclic) bond motifs is 1. The maximum absolute atomic E-state index is 9.53. The van der Waals surface area contributed by atoms with Crippen LogP contribution in [0.3, 0.4) is 0 Å². The number of hydrogen-bond donors (Lipinski definition) is 1. The first-order valence-corrected chi connectivity index (χ1v) is 6.47. The second kappa shape index (κ2) is 4.26. The van der Waals surface area contributed by atoms with Gasteiger partial charge >= 0.3 is 0 Å². The van der Waals surface area contributed by atoms with E-state index in [1.165, 1.54) is 5.56 Å². The first-order valence-electron chi connectivity index (χ1n) is 6.47. The maximum atomic E-state index is 9.53. The molecule has 2 atom stereocenters. The summed E-state index contributed by atoms with van der Waals surface area (Å²) in [6, 6.07) is 9.46. The average molecular weight is 255 g/mol. The molecular weight excluding hydrogens is 238 g/mol. The zero-order valence-electron chi connectivity index (χ0n) is 11.1. The number of aromatic nitrogens is 1. The molecule has 3 rings (SSSR count). The summed E-state index contributed by atoms with van der Waals surface area (Å²) in [5.41, 5.74) is 2.30. The van der Waals surface area contributed by atoms with Crippen molar-refractivity contribution in [3.05, 3.63) is 53.9 Å². The molecular formula is C16H17NO2. The Balaban J connectivity index is 2.06. The van der Waals surface area contributed by atoms with Gasteiger partial charge in [-0.25, -0.2) is 0 Å². The van der Waals surface area contributed by atoms with Crippen molar-refractivity contribution in [1.29, 1.82) is 0 Å². The van der Waals surface area contributed by atoms with Gasteiger partial charge in [0.05, 0.1) is 6.61 Å². The number of benzene rings is 1. The summed E-state index contributed by atoms with van der Waals surface area (Å²) in [6.07, 6.45) is 3.64. The standard InChI is InChI=1S/C16H17NO2/c1-11-14-4-3-13(18)9-15(14)19-10-16(11,2)12-5-7-17-8-6-12/h3-9,11,18H,10H2,1-2H3. The molecule has 3 heteroatoms. The van der Waals surface area contributed by atoms with Crippen LogP contribution in [0.2, 0.25) is 0 Å². The Kier molecular flexibility index (Phi) is 2.70. The summed E-state index contributed by atoms with van der Waals surface area (Å²) in [5.74, 6) is 1.36. The Morgan fingerprint density at radius 3 is 2.74 bits per heavy atom. The fourth-order valence-corrected chi connectivity index (χ4v) is 2.77. The Morgan fingerprint density at radius 2 is 2.00 bits per heavy atom. The van der Waals surface area contributed by atoms with Crippen molar-refractivity contribution in [3.8, 4) is 11.5 Å². The van der Waals surface area contributed by atoms with Gasteiger partial charge in [-0.3, -0.25) is 4.98 Å². The molecule has 0 bridgehead atoms. The van der Waals surface area contributed by atoms with Gasteiger partial charge in [0.2, 0.25) is 0 Å². The third kappa shape index (κ3) is 1.86. The van der Waals surface area contributed by atoms with E-state index in [0.29, 0.717) is 12.5 Å². The average Bonchev–Trinajstić information content (AvgIpc) is 2.44. The van der Waals surface area contributed by atoms with E-state index in [2.05, 4.69) is 18.8 Å². The quantitative estimate of drug-likeness (QED) is 0.850. The SMILES string of the molecule is CC1c2ccc(O)cc2OCC1(C)c1ccncc1. The number of hydrogen-bond acceptors (Lipinski definition) is 3. The number of ether oxygens (including phenoxy) is 1. The van der Waals surface area contributed by atoms with Gasteiger partial charge in [0, 0.05) is 23.9 Å². The summed E-state index contributed by atoms with van der Waals surface area (Å²) >= 11 is 0. The molecule has 0 saturated carbocycles. The lowest BCUT2D eigenvalue weighted by atomic mass is 9.69. The predicted molar refractivity (Wildman–Crippen MR) is 73.6 cm³/mol. The molecule has 0 radical (unpaired) electrons. The Hall–Kier alpha value is -2.03. The number of aromatic hydroxyl groups is 1. The lowest BCUT2D eigenvalue weighted by Gasteiger charge is -2.41. The van der Waals surface area contributed by atoms with E-state index >= 15 is 0 Å². The molecule has 0 fully saturated rings. The van der Waals surface area contributed by atoms with Crippen molar-refractivity contribution in [2.24, 2.45) is 0 Å². The van der Waals surface area contributed by atoms with Gasteiger partial charge in [-0.2, -0.15) is 0 Å². The van der Waals surface area contributed by atoms with Gasteiger partial charge in [-0.1, -0.05) is 19.9 Å². The molecule has 1 aromatic carbocycles. The van der Waals surface area contributed by atoms with Gasteiger partial charge in [0.15, 0.2) is 0 Å². The molecule has 0 saturated heterocycles. The van der Waals surface area contributed by atoms with Crippen LogP contribution in [0.25, 0.3) is 0 Å². The number of pyridine rings is 1. The summed E-state index contributed by atoms with van der Waals surface area (Å²) < 4.78 is 5.86. The van der Waals surface area contributed by atoms with E-state index in [1.807, 2.05) is 30.6 Å². The molecule has 98 valence electrons. The molecule has 0 amide bonds. The molecule has 0 aliphatic carbocycles. The van der Waals surface area contributed by atoms with Crippen LogP contribution in [0, 0.1) is 0 Å². The van der Waals surface area contributed by atoms with Gasteiger partial charge < -0.3 is 9.84 Å². The van der Waals surface area contributed by atoms with Gasteiger partial charge in [-0.05, 0) is 35.2 Å². The molecule has 0 spiro atoms. The van der Waals surface area contributed by atoms with E-state index in [-0.39, 0.29) is 11.2 Å². The normalized spacial score (nSPS) is 25.5. The van der Waals surface area contributed by atoms with E-state index in [9.17, 15) is 5.11 Å². The van der Waals surface area contributed by atoms with E-state index in [4.69, 9.17) is 4.74 Å². The van der Waals surface area contributed by atoms with Crippen LogP contribution in [0.1, 0.15) is 30.9 Å². The molecule has 3 nitrogen and oxygen atoms in total. The molecule has 1 aliphatic rings. The van der Waals surface area contributed by atoms with Crippen LogP contribution < -0.4 is 4.74 Å². The van der Waals surface area contributed by atoms with E-state index in [0.717, 1.165) is 11.3 Å². The lowest BCUT2D eigenvalue weighted by Crippen LogP contribution is -2.39. The van der Waals surface area contributed by atoms with Crippen molar-refractivity contribution < 1.29 is 9.84 Å². The van der Waals surface area contributed by atoms with Crippen LogP contribution in [0.15, 0.2) is 42.7 Å². The second-order valence-electron chi connectivity index (χ2n) is 5.39. The minimum Gasteiger partial charge on any atom is -0.508 e. The van der Waals surface area contributed by atoms with Crippen LogP contribution in [-0.2, 0) is 5.41 Å². The van der Waals surface area contributed by atoms with Gasteiger partial charge in [0.1, 0.15) is 11.5 Å². The fraction of sp³-hybridized carbons (Fsp3) is 0.312. The zero-order valence-corrected chi connectivity index (χ0v) is 11.1. The summed E-state index contributed by atoms with van der Waals surface area (Å²) in [6.45, 7) is 5.02. The number of phenolic OH excluding ortho intramolecular Hbond substituents is 1. The lowest BCUT2D eigenvalue weighted by molar-refractivity contribution is 0.175. The molecule has 2 aromatic rings. The smallest absolute Gasteiger partial charge is 0.126 e. The highest BCUT2D eigenvalue weighted by Crippen LogP contribution is 2.46. The van der Waals surface area contributed by atoms with E-state index < -0.39 is 0 Å². The summed E-state index contributed by atoms with van der Waals surface area (Å²) in [5, 5.41) is 9.53. The number of phenols is 1. The van der Waals surface area contributed by atoms with Crippen molar-refractivity contribution in [2.75, 3.05) is 6.61 Å². The van der Waals surface area contributed by atoms with Crippen molar-refractivity contribution in [3.63, 3.8) is 0 Å². The van der Waals surface area contributed by atoms with Gasteiger partial charge in [0.25, 0.3) is 0 Å². The van der Waals surface area contributed by atoms with Crippen LogP contribution >= 0.6 is 0 Å². The molecule has 19 heavy (non-hydrogen) atoms. The summed E-state index contributed by atoms with van der Waals surface area (Å²) in [4.78, 5) is 4.08. The minimum atomic E-state index is -0.0765. The summed E-state index contributed by atoms with van der Waals surface area (Å²) in [7, 11) is 0. The highest BCUT2D eigenvalue weighted by atomic mass is 16.5. The van der Waals surface area contributed by atoms with Crippen molar-refractivity contribution >= 4 is 0 Å². The fourth-order valence-electron chi connectivity index (χ4n) is 2.77.